The summed E-state index contributed by atoms with van der Waals surface area (Å²) in [5.74, 6) is 0.702. The summed E-state index contributed by atoms with van der Waals surface area (Å²) in [6.45, 7) is 2.01. The van der Waals surface area contributed by atoms with Crippen molar-refractivity contribution in [3.05, 3.63) is 75.3 Å². The normalized spacial score (nSPS) is 11.6. The molecule has 0 spiro atoms. The highest BCUT2D eigenvalue weighted by atomic mass is 32.2. The summed E-state index contributed by atoms with van der Waals surface area (Å²) in [7, 11) is 0. The van der Waals surface area contributed by atoms with Gasteiger partial charge in [-0.15, -0.1) is 11.8 Å². The molecule has 0 aliphatic carbocycles. The average Bonchev–Trinajstić information content (AvgIpc) is 2.52. The summed E-state index contributed by atoms with van der Waals surface area (Å²) in [5.41, 5.74) is 2.69. The van der Waals surface area contributed by atoms with E-state index in [0.29, 0.717) is 11.3 Å². The number of rotatable bonds is 5. The first-order valence-corrected chi connectivity index (χ1v) is 7.50. The Morgan fingerprint density at radius 1 is 1.29 bits per heavy atom. The zero-order valence-corrected chi connectivity index (χ0v) is 12.3. The zero-order chi connectivity index (χ0) is 15.2. The molecule has 0 amide bonds. The number of non-ortho nitro benzene ring substituents is 1. The molecule has 2 aromatic rings. The third-order valence-electron chi connectivity index (χ3n) is 3.18. The molecule has 0 aromatic heterocycles. The molecule has 4 nitrogen and oxygen atoms in total. The highest BCUT2D eigenvalue weighted by Crippen LogP contribution is 2.33. The fraction of sp³-hybridized carbons (Fsp3) is 0.188. The molecule has 0 bridgehead atoms. The second-order valence-electron chi connectivity index (χ2n) is 4.57. The second kappa shape index (κ2) is 6.91. The molecule has 2 rings (SSSR count). The Morgan fingerprint density at radius 2 is 2.05 bits per heavy atom. The summed E-state index contributed by atoms with van der Waals surface area (Å²) in [6.07, 6.45) is 0. The van der Waals surface area contributed by atoms with Gasteiger partial charge in [-0.25, -0.2) is 0 Å². The van der Waals surface area contributed by atoms with Gasteiger partial charge in [0, 0.05) is 23.1 Å². The minimum Gasteiger partial charge on any atom is -0.258 e. The van der Waals surface area contributed by atoms with Gasteiger partial charge in [0.15, 0.2) is 0 Å². The maximum Gasteiger partial charge on any atom is 0.269 e. The van der Waals surface area contributed by atoms with Crippen LogP contribution in [-0.4, -0.2) is 4.92 Å². The summed E-state index contributed by atoms with van der Waals surface area (Å²) in [6, 6.07) is 16.4. The molecule has 0 radical (unpaired) electrons. The molecule has 0 unspecified atom stereocenters. The van der Waals surface area contributed by atoms with Crippen LogP contribution in [0.4, 0.5) is 5.69 Å². The Kier molecular flexibility index (Phi) is 4.96. The van der Waals surface area contributed by atoms with E-state index in [1.165, 1.54) is 6.07 Å². The molecule has 2 aromatic carbocycles. The number of hydrogen-bond acceptors (Lipinski definition) is 4. The molecule has 0 heterocycles. The standard InChI is InChI=1S/C16H14N2O2S/c1-12(13-7-4-8-16(9-13)18(19)20)21-11-15-6-3-2-5-14(15)10-17/h2-9,12H,11H2,1H3/t12-/m1/s1. The number of nitrogens with zero attached hydrogens (tertiary/aromatic N) is 2. The number of thioether (sulfide) groups is 1. The van der Waals surface area contributed by atoms with E-state index in [-0.39, 0.29) is 15.9 Å². The van der Waals surface area contributed by atoms with Crippen molar-refractivity contribution in [3.63, 3.8) is 0 Å². The van der Waals surface area contributed by atoms with E-state index in [2.05, 4.69) is 6.07 Å². The van der Waals surface area contributed by atoms with E-state index in [9.17, 15) is 10.1 Å². The Balaban J connectivity index is 2.08. The van der Waals surface area contributed by atoms with Gasteiger partial charge in [-0.3, -0.25) is 10.1 Å². The highest BCUT2D eigenvalue weighted by molar-refractivity contribution is 7.98. The largest absolute Gasteiger partial charge is 0.269 e. The predicted molar refractivity (Wildman–Crippen MR) is 84.0 cm³/mol. The number of nitro groups is 1. The molecule has 0 saturated heterocycles. The molecule has 0 fully saturated rings. The molecule has 0 aliphatic rings. The first-order valence-electron chi connectivity index (χ1n) is 6.46. The van der Waals surface area contributed by atoms with E-state index in [1.54, 1.807) is 30.0 Å². The second-order valence-corrected chi connectivity index (χ2v) is 5.90. The monoisotopic (exact) mass is 298 g/mol. The van der Waals surface area contributed by atoms with Crippen molar-refractivity contribution in [2.45, 2.75) is 17.9 Å². The first kappa shape index (κ1) is 15.1. The van der Waals surface area contributed by atoms with Crippen molar-refractivity contribution < 1.29 is 4.92 Å². The van der Waals surface area contributed by atoms with Gasteiger partial charge < -0.3 is 0 Å². The molecule has 1 atom stereocenters. The lowest BCUT2D eigenvalue weighted by atomic mass is 10.1. The molecule has 5 heteroatoms. The SMILES string of the molecule is C[C@@H](SCc1ccccc1C#N)c1cccc([N+](=O)[O-])c1. The predicted octanol–water partition coefficient (Wildman–Crippen LogP) is 4.46. The number of benzene rings is 2. The Bertz CT molecular complexity index is 695. The van der Waals surface area contributed by atoms with Gasteiger partial charge in [0.05, 0.1) is 16.6 Å². The number of nitro benzene ring substituents is 1. The van der Waals surface area contributed by atoms with Crippen molar-refractivity contribution in [3.8, 4) is 6.07 Å². The fourth-order valence-corrected chi connectivity index (χ4v) is 2.98. The highest BCUT2D eigenvalue weighted by Gasteiger charge is 2.12. The van der Waals surface area contributed by atoms with Gasteiger partial charge in [-0.2, -0.15) is 5.26 Å². The lowest BCUT2D eigenvalue weighted by Gasteiger charge is -2.12. The first-order chi connectivity index (χ1) is 10.1. The third-order valence-corrected chi connectivity index (χ3v) is 4.43. The Labute approximate surface area is 127 Å². The molecular formula is C16H14N2O2S. The van der Waals surface area contributed by atoms with Gasteiger partial charge in [0.1, 0.15) is 0 Å². The van der Waals surface area contributed by atoms with Gasteiger partial charge in [0.25, 0.3) is 5.69 Å². The Morgan fingerprint density at radius 3 is 2.76 bits per heavy atom. The summed E-state index contributed by atoms with van der Waals surface area (Å²) >= 11 is 1.66. The smallest absolute Gasteiger partial charge is 0.258 e. The van der Waals surface area contributed by atoms with E-state index in [0.717, 1.165) is 11.1 Å². The molecule has 0 saturated carbocycles. The summed E-state index contributed by atoms with van der Waals surface area (Å²) < 4.78 is 0. The minimum atomic E-state index is -0.383. The van der Waals surface area contributed by atoms with Gasteiger partial charge >= 0.3 is 0 Å². The summed E-state index contributed by atoms with van der Waals surface area (Å²) in [4.78, 5) is 10.4. The van der Waals surface area contributed by atoms with Crippen molar-refractivity contribution in [2.24, 2.45) is 0 Å². The third kappa shape index (κ3) is 3.83. The number of nitriles is 1. The topological polar surface area (TPSA) is 66.9 Å². The molecule has 21 heavy (non-hydrogen) atoms. The van der Waals surface area contributed by atoms with Crippen molar-refractivity contribution in [2.75, 3.05) is 0 Å². The fourth-order valence-electron chi connectivity index (χ4n) is 1.96. The van der Waals surface area contributed by atoms with Crippen LogP contribution in [0.3, 0.4) is 0 Å². The maximum atomic E-state index is 10.8. The van der Waals surface area contributed by atoms with Crippen LogP contribution in [-0.2, 0) is 5.75 Å². The van der Waals surface area contributed by atoms with Crippen LogP contribution < -0.4 is 0 Å². The van der Waals surface area contributed by atoms with Crippen LogP contribution in [0.25, 0.3) is 0 Å². The van der Waals surface area contributed by atoms with E-state index in [1.807, 2.05) is 31.2 Å². The van der Waals surface area contributed by atoms with Crippen molar-refractivity contribution in [1.29, 1.82) is 5.26 Å². The van der Waals surface area contributed by atoms with Crippen molar-refractivity contribution in [1.82, 2.24) is 0 Å². The number of hydrogen-bond donors (Lipinski definition) is 0. The van der Waals surface area contributed by atoms with Gasteiger partial charge in [-0.1, -0.05) is 30.3 Å². The molecular weight excluding hydrogens is 284 g/mol. The molecule has 0 aliphatic heterocycles. The van der Waals surface area contributed by atoms with E-state index < -0.39 is 0 Å². The van der Waals surface area contributed by atoms with Crippen LogP contribution in [0.15, 0.2) is 48.5 Å². The van der Waals surface area contributed by atoms with Crippen LogP contribution in [0.1, 0.15) is 28.9 Å². The lowest BCUT2D eigenvalue weighted by Crippen LogP contribution is -1.94. The van der Waals surface area contributed by atoms with E-state index >= 15 is 0 Å². The maximum absolute atomic E-state index is 10.8. The molecule has 0 N–H and O–H groups in total. The van der Waals surface area contributed by atoms with Gasteiger partial charge in [0.2, 0.25) is 0 Å². The van der Waals surface area contributed by atoms with E-state index in [4.69, 9.17) is 5.26 Å². The van der Waals surface area contributed by atoms with Gasteiger partial charge in [-0.05, 0) is 24.1 Å². The quantitative estimate of drug-likeness (QED) is 0.603. The Hall–Kier alpha value is -2.32. The zero-order valence-electron chi connectivity index (χ0n) is 11.5. The van der Waals surface area contributed by atoms with Crippen molar-refractivity contribution >= 4 is 17.4 Å². The minimum absolute atomic E-state index is 0.109. The summed E-state index contributed by atoms with van der Waals surface area (Å²) in [5, 5.41) is 20.0. The average molecular weight is 298 g/mol. The van der Waals surface area contributed by atoms with Crippen LogP contribution >= 0.6 is 11.8 Å². The molecule has 106 valence electrons. The van der Waals surface area contributed by atoms with Crippen LogP contribution in [0.5, 0.6) is 0 Å². The van der Waals surface area contributed by atoms with Crippen LogP contribution in [0, 0.1) is 21.4 Å². The lowest BCUT2D eigenvalue weighted by molar-refractivity contribution is -0.384. The van der Waals surface area contributed by atoms with Crippen LogP contribution in [0.2, 0.25) is 0 Å².